The standard InChI is InChI=1S/C16H22N4O/c21-13-16(8-2-1-3-9-16)12-17-14-4-6-15(7-5-14)20-18-10-11-19-20/h4-7,10-11,17,21H,1-3,8-9,12-13H2. The molecule has 0 saturated heterocycles. The van der Waals surface area contributed by atoms with Crippen molar-refractivity contribution in [2.75, 3.05) is 18.5 Å². The highest BCUT2D eigenvalue weighted by molar-refractivity contribution is 5.48. The van der Waals surface area contributed by atoms with Crippen molar-refractivity contribution in [3.05, 3.63) is 36.7 Å². The van der Waals surface area contributed by atoms with E-state index in [-0.39, 0.29) is 12.0 Å². The van der Waals surface area contributed by atoms with Gasteiger partial charge in [-0.05, 0) is 37.1 Å². The number of aliphatic hydroxyl groups excluding tert-OH is 1. The van der Waals surface area contributed by atoms with E-state index in [2.05, 4.69) is 15.5 Å². The monoisotopic (exact) mass is 286 g/mol. The summed E-state index contributed by atoms with van der Waals surface area (Å²) in [5.74, 6) is 0. The van der Waals surface area contributed by atoms with Crippen molar-refractivity contribution in [2.45, 2.75) is 32.1 Å². The lowest BCUT2D eigenvalue weighted by molar-refractivity contribution is 0.0944. The van der Waals surface area contributed by atoms with Crippen molar-refractivity contribution in [1.29, 1.82) is 0 Å². The van der Waals surface area contributed by atoms with Gasteiger partial charge in [0.2, 0.25) is 0 Å². The second-order valence-corrected chi connectivity index (χ2v) is 5.94. The highest BCUT2D eigenvalue weighted by Gasteiger charge is 2.30. The smallest absolute Gasteiger partial charge is 0.0858 e. The fourth-order valence-corrected chi connectivity index (χ4v) is 3.04. The van der Waals surface area contributed by atoms with E-state index in [9.17, 15) is 5.11 Å². The van der Waals surface area contributed by atoms with E-state index >= 15 is 0 Å². The number of benzene rings is 1. The van der Waals surface area contributed by atoms with Crippen LogP contribution in [0.25, 0.3) is 5.69 Å². The molecule has 5 nitrogen and oxygen atoms in total. The number of nitrogens with one attached hydrogen (secondary N) is 1. The molecule has 21 heavy (non-hydrogen) atoms. The van der Waals surface area contributed by atoms with Crippen molar-refractivity contribution in [2.24, 2.45) is 5.41 Å². The van der Waals surface area contributed by atoms with Crippen LogP contribution in [-0.2, 0) is 0 Å². The Kier molecular flexibility index (Phi) is 4.20. The SMILES string of the molecule is OCC1(CNc2ccc(-n3nccn3)cc2)CCCCC1. The Bertz CT molecular complexity index is 544. The molecule has 0 aliphatic heterocycles. The summed E-state index contributed by atoms with van der Waals surface area (Å²) in [5.41, 5.74) is 2.07. The predicted octanol–water partition coefficient (Wildman–Crippen LogP) is 2.62. The zero-order chi connectivity index (χ0) is 14.5. The summed E-state index contributed by atoms with van der Waals surface area (Å²) in [6.45, 7) is 1.11. The van der Waals surface area contributed by atoms with Crippen molar-refractivity contribution < 1.29 is 5.11 Å². The third kappa shape index (κ3) is 3.24. The molecule has 1 aliphatic carbocycles. The van der Waals surface area contributed by atoms with Crippen molar-refractivity contribution in [3.63, 3.8) is 0 Å². The summed E-state index contributed by atoms with van der Waals surface area (Å²) in [7, 11) is 0. The average Bonchev–Trinajstić information content (AvgIpc) is 3.09. The number of anilines is 1. The second-order valence-electron chi connectivity index (χ2n) is 5.94. The Morgan fingerprint density at radius 1 is 1.05 bits per heavy atom. The molecule has 1 aromatic carbocycles. The molecule has 1 aromatic heterocycles. The Labute approximate surface area is 125 Å². The third-order valence-electron chi connectivity index (χ3n) is 4.43. The minimum atomic E-state index is 0.0560. The molecule has 1 fully saturated rings. The van der Waals surface area contributed by atoms with Gasteiger partial charge in [0.1, 0.15) is 0 Å². The Hall–Kier alpha value is -1.88. The number of aromatic nitrogens is 3. The molecule has 1 heterocycles. The van der Waals surface area contributed by atoms with E-state index in [0.717, 1.165) is 30.8 Å². The summed E-state index contributed by atoms with van der Waals surface area (Å²) in [6, 6.07) is 8.06. The summed E-state index contributed by atoms with van der Waals surface area (Å²) in [5, 5.41) is 21.4. The minimum Gasteiger partial charge on any atom is -0.396 e. The molecule has 0 bridgehead atoms. The van der Waals surface area contributed by atoms with Gasteiger partial charge in [0.05, 0.1) is 24.7 Å². The quantitative estimate of drug-likeness (QED) is 0.887. The number of rotatable bonds is 5. The fourth-order valence-electron chi connectivity index (χ4n) is 3.04. The lowest BCUT2D eigenvalue weighted by Gasteiger charge is -2.36. The van der Waals surface area contributed by atoms with Crippen molar-refractivity contribution in [1.82, 2.24) is 15.0 Å². The van der Waals surface area contributed by atoms with Crippen LogP contribution in [0.1, 0.15) is 32.1 Å². The van der Waals surface area contributed by atoms with E-state index in [1.807, 2.05) is 24.3 Å². The summed E-state index contributed by atoms with van der Waals surface area (Å²) < 4.78 is 0. The van der Waals surface area contributed by atoms with Gasteiger partial charge in [-0.3, -0.25) is 0 Å². The highest BCUT2D eigenvalue weighted by Crippen LogP contribution is 2.36. The van der Waals surface area contributed by atoms with Crippen LogP contribution in [0.4, 0.5) is 5.69 Å². The molecular weight excluding hydrogens is 264 g/mol. The maximum absolute atomic E-state index is 9.73. The Morgan fingerprint density at radius 2 is 1.71 bits per heavy atom. The molecule has 1 aliphatic rings. The first-order valence-corrected chi connectivity index (χ1v) is 7.63. The Balaban J connectivity index is 1.62. The van der Waals surface area contributed by atoms with Gasteiger partial charge in [-0.1, -0.05) is 19.3 Å². The summed E-state index contributed by atoms with van der Waals surface area (Å²) >= 11 is 0. The molecule has 1 saturated carbocycles. The number of aliphatic hydroxyl groups is 1. The van der Waals surface area contributed by atoms with Gasteiger partial charge in [-0.2, -0.15) is 15.0 Å². The first-order chi connectivity index (χ1) is 10.3. The minimum absolute atomic E-state index is 0.0560. The maximum atomic E-state index is 9.73. The fraction of sp³-hybridized carbons (Fsp3) is 0.500. The topological polar surface area (TPSA) is 63.0 Å². The van der Waals surface area contributed by atoms with Gasteiger partial charge in [0.15, 0.2) is 0 Å². The van der Waals surface area contributed by atoms with E-state index in [4.69, 9.17) is 0 Å². The largest absolute Gasteiger partial charge is 0.396 e. The molecule has 0 spiro atoms. The molecule has 0 unspecified atom stereocenters. The normalized spacial score (nSPS) is 17.6. The van der Waals surface area contributed by atoms with Crippen molar-refractivity contribution >= 4 is 5.69 Å². The molecule has 2 aromatic rings. The lowest BCUT2D eigenvalue weighted by Crippen LogP contribution is -2.35. The molecule has 0 amide bonds. The maximum Gasteiger partial charge on any atom is 0.0858 e. The van der Waals surface area contributed by atoms with E-state index in [1.165, 1.54) is 19.3 Å². The van der Waals surface area contributed by atoms with Gasteiger partial charge in [-0.25, -0.2) is 0 Å². The van der Waals surface area contributed by atoms with Crippen LogP contribution in [0, 0.1) is 5.41 Å². The first-order valence-electron chi connectivity index (χ1n) is 7.63. The van der Waals surface area contributed by atoms with Gasteiger partial charge < -0.3 is 10.4 Å². The summed E-state index contributed by atoms with van der Waals surface area (Å²) in [4.78, 5) is 1.60. The van der Waals surface area contributed by atoms with Gasteiger partial charge >= 0.3 is 0 Å². The van der Waals surface area contributed by atoms with Crippen LogP contribution in [-0.4, -0.2) is 33.3 Å². The van der Waals surface area contributed by atoms with E-state index in [1.54, 1.807) is 17.2 Å². The first kappa shape index (κ1) is 14.1. The van der Waals surface area contributed by atoms with E-state index < -0.39 is 0 Å². The number of hydrogen-bond acceptors (Lipinski definition) is 4. The molecule has 0 radical (unpaired) electrons. The van der Waals surface area contributed by atoms with Crippen LogP contribution in [0.15, 0.2) is 36.7 Å². The highest BCUT2D eigenvalue weighted by atomic mass is 16.3. The van der Waals surface area contributed by atoms with Crippen molar-refractivity contribution in [3.8, 4) is 5.69 Å². The van der Waals surface area contributed by atoms with Gasteiger partial charge in [0.25, 0.3) is 0 Å². The second kappa shape index (κ2) is 6.26. The predicted molar refractivity (Wildman–Crippen MR) is 82.5 cm³/mol. The van der Waals surface area contributed by atoms with Crippen LogP contribution in [0.2, 0.25) is 0 Å². The average molecular weight is 286 g/mol. The van der Waals surface area contributed by atoms with Gasteiger partial charge in [0, 0.05) is 17.6 Å². The molecule has 0 atom stereocenters. The van der Waals surface area contributed by atoms with Crippen LogP contribution in [0.3, 0.4) is 0 Å². The zero-order valence-electron chi connectivity index (χ0n) is 12.2. The molecule has 3 rings (SSSR count). The van der Waals surface area contributed by atoms with Crippen LogP contribution >= 0.6 is 0 Å². The number of hydrogen-bond donors (Lipinski definition) is 2. The molecule has 5 heteroatoms. The molecule has 2 N–H and O–H groups in total. The lowest BCUT2D eigenvalue weighted by atomic mass is 9.74. The van der Waals surface area contributed by atoms with Crippen LogP contribution < -0.4 is 5.32 Å². The summed E-state index contributed by atoms with van der Waals surface area (Å²) in [6.07, 6.45) is 9.32. The molecular formula is C16H22N4O. The zero-order valence-corrected chi connectivity index (χ0v) is 12.2. The molecule has 112 valence electrons. The number of nitrogens with zero attached hydrogens (tertiary/aromatic N) is 3. The van der Waals surface area contributed by atoms with E-state index in [0.29, 0.717) is 0 Å². The van der Waals surface area contributed by atoms with Crippen LogP contribution in [0.5, 0.6) is 0 Å². The Morgan fingerprint density at radius 3 is 2.33 bits per heavy atom. The third-order valence-corrected chi connectivity index (χ3v) is 4.43. The van der Waals surface area contributed by atoms with Gasteiger partial charge in [-0.15, -0.1) is 0 Å².